The van der Waals surface area contributed by atoms with E-state index in [4.69, 9.17) is 16.3 Å². The normalized spacial score (nSPS) is 18.0. The van der Waals surface area contributed by atoms with Gasteiger partial charge in [-0.1, -0.05) is 41.9 Å². The van der Waals surface area contributed by atoms with Crippen LogP contribution in [0.4, 0.5) is 10.5 Å². The molecule has 0 unspecified atom stereocenters. The summed E-state index contributed by atoms with van der Waals surface area (Å²) in [5, 5.41) is 6.79. The second-order valence-electron chi connectivity index (χ2n) is 7.11. The van der Waals surface area contributed by atoms with Gasteiger partial charge in [-0.25, -0.2) is 4.79 Å². The highest BCUT2D eigenvalue weighted by Crippen LogP contribution is 2.28. The Balaban J connectivity index is 1.47. The Kier molecular flexibility index (Phi) is 6.41. The number of nitrogens with zero attached hydrogens (tertiary/aromatic N) is 1. The molecule has 6 nitrogen and oxygen atoms in total. The van der Waals surface area contributed by atoms with E-state index in [0.717, 1.165) is 18.4 Å². The van der Waals surface area contributed by atoms with E-state index in [-0.39, 0.29) is 24.6 Å². The molecule has 148 valence electrons. The summed E-state index contributed by atoms with van der Waals surface area (Å²) in [5.74, 6) is -0.0855. The number of benzene rings is 2. The van der Waals surface area contributed by atoms with Crippen molar-refractivity contribution in [3.05, 3.63) is 64.7 Å². The van der Waals surface area contributed by atoms with Gasteiger partial charge in [0.2, 0.25) is 0 Å². The van der Waals surface area contributed by atoms with Crippen LogP contribution in [0, 0.1) is 0 Å². The molecular formula is C21H24ClN3O3. The van der Waals surface area contributed by atoms with Crippen molar-refractivity contribution in [1.29, 1.82) is 0 Å². The zero-order valence-electron chi connectivity index (χ0n) is 15.9. The molecular weight excluding hydrogens is 378 g/mol. The predicted molar refractivity (Wildman–Crippen MR) is 110 cm³/mol. The molecule has 1 aliphatic carbocycles. The van der Waals surface area contributed by atoms with Crippen LogP contribution in [-0.4, -0.2) is 43.1 Å². The molecule has 0 radical (unpaired) electrons. The number of halogens is 1. The highest BCUT2D eigenvalue weighted by Gasteiger charge is 2.31. The number of nitrogens with one attached hydrogen (secondary N) is 2. The lowest BCUT2D eigenvalue weighted by Crippen LogP contribution is -2.50. The van der Waals surface area contributed by atoms with Crippen molar-refractivity contribution in [2.45, 2.75) is 31.5 Å². The van der Waals surface area contributed by atoms with Gasteiger partial charge in [0.1, 0.15) is 6.61 Å². The standard InChI is InChI=1S/C21H24ClN3O3/c1-25(2)20(26)18-9-8-15(22)10-19(18)23-16-11-17(12-16)24-21(27)28-13-14-6-4-3-5-7-14/h3-10,16-17,23H,11-13H2,1-2H3,(H,24,27). The van der Waals surface area contributed by atoms with Crippen LogP contribution in [0.1, 0.15) is 28.8 Å². The average Bonchev–Trinajstić information content (AvgIpc) is 2.65. The van der Waals surface area contributed by atoms with E-state index in [1.807, 2.05) is 30.3 Å². The number of alkyl carbamates (subject to hydrolysis) is 1. The van der Waals surface area contributed by atoms with Crippen LogP contribution in [0.15, 0.2) is 48.5 Å². The second-order valence-corrected chi connectivity index (χ2v) is 7.54. The van der Waals surface area contributed by atoms with Crippen molar-refractivity contribution in [2.24, 2.45) is 0 Å². The summed E-state index contributed by atoms with van der Waals surface area (Å²) in [6, 6.07) is 14.9. The number of rotatable bonds is 6. The molecule has 0 heterocycles. The fourth-order valence-electron chi connectivity index (χ4n) is 3.07. The van der Waals surface area contributed by atoms with Gasteiger partial charge in [0.05, 0.1) is 5.56 Å². The Labute approximate surface area is 169 Å². The molecule has 0 saturated heterocycles. The number of carbonyl (C=O) groups excluding carboxylic acids is 2. The average molecular weight is 402 g/mol. The van der Waals surface area contributed by atoms with Gasteiger partial charge in [0, 0.05) is 36.9 Å². The van der Waals surface area contributed by atoms with Crippen LogP contribution in [0.5, 0.6) is 0 Å². The summed E-state index contributed by atoms with van der Waals surface area (Å²) < 4.78 is 5.24. The third-order valence-electron chi connectivity index (χ3n) is 4.65. The van der Waals surface area contributed by atoms with E-state index < -0.39 is 6.09 Å². The number of hydrogen-bond donors (Lipinski definition) is 2. The van der Waals surface area contributed by atoms with E-state index in [9.17, 15) is 9.59 Å². The molecule has 2 amide bonds. The molecule has 1 saturated carbocycles. The Morgan fingerprint density at radius 1 is 1.11 bits per heavy atom. The Hall–Kier alpha value is -2.73. The van der Waals surface area contributed by atoms with Gasteiger partial charge >= 0.3 is 6.09 Å². The maximum Gasteiger partial charge on any atom is 0.407 e. The van der Waals surface area contributed by atoms with Gasteiger partial charge in [-0.3, -0.25) is 4.79 Å². The maximum atomic E-state index is 12.3. The summed E-state index contributed by atoms with van der Waals surface area (Å²) >= 11 is 6.09. The lowest BCUT2D eigenvalue weighted by Gasteiger charge is -2.37. The molecule has 1 fully saturated rings. The first-order chi connectivity index (χ1) is 13.4. The Morgan fingerprint density at radius 3 is 2.50 bits per heavy atom. The first-order valence-corrected chi connectivity index (χ1v) is 9.55. The fourth-order valence-corrected chi connectivity index (χ4v) is 3.24. The molecule has 28 heavy (non-hydrogen) atoms. The lowest BCUT2D eigenvalue weighted by molar-refractivity contribution is 0.0828. The van der Waals surface area contributed by atoms with E-state index >= 15 is 0 Å². The minimum absolute atomic E-state index is 0.0490. The predicted octanol–water partition coefficient (Wildman–Crippen LogP) is 3.91. The third kappa shape index (κ3) is 5.16. The van der Waals surface area contributed by atoms with Crippen LogP contribution in [0.3, 0.4) is 0 Å². The van der Waals surface area contributed by atoms with Gasteiger partial charge in [-0.05, 0) is 36.6 Å². The minimum Gasteiger partial charge on any atom is -0.445 e. The van der Waals surface area contributed by atoms with Gasteiger partial charge < -0.3 is 20.3 Å². The lowest BCUT2D eigenvalue weighted by atomic mass is 9.86. The molecule has 0 spiro atoms. The molecule has 2 N–H and O–H groups in total. The van der Waals surface area contributed by atoms with Crippen molar-refractivity contribution in [1.82, 2.24) is 10.2 Å². The summed E-state index contributed by atoms with van der Waals surface area (Å²) in [6.07, 6.45) is 1.09. The zero-order valence-corrected chi connectivity index (χ0v) is 16.7. The quantitative estimate of drug-likeness (QED) is 0.769. The van der Waals surface area contributed by atoms with Crippen LogP contribution in [0.25, 0.3) is 0 Å². The first kappa shape index (κ1) is 20.0. The molecule has 3 rings (SSSR count). The van der Waals surface area contributed by atoms with Crippen molar-refractivity contribution in [3.8, 4) is 0 Å². The SMILES string of the molecule is CN(C)C(=O)c1ccc(Cl)cc1NC1CC(NC(=O)OCc2ccccc2)C1. The van der Waals surface area contributed by atoms with Crippen molar-refractivity contribution >= 4 is 29.3 Å². The molecule has 0 aromatic heterocycles. The van der Waals surface area contributed by atoms with Crippen LogP contribution >= 0.6 is 11.6 Å². The Bertz CT molecular complexity index is 836. The molecule has 2 aromatic carbocycles. The van der Waals surface area contributed by atoms with Gasteiger partial charge in [0.25, 0.3) is 5.91 Å². The van der Waals surface area contributed by atoms with E-state index in [1.165, 1.54) is 4.90 Å². The van der Waals surface area contributed by atoms with Gasteiger partial charge in [-0.15, -0.1) is 0 Å². The molecule has 0 aliphatic heterocycles. The van der Waals surface area contributed by atoms with E-state index in [2.05, 4.69) is 10.6 Å². The number of carbonyl (C=O) groups is 2. The number of anilines is 1. The largest absolute Gasteiger partial charge is 0.445 e. The zero-order chi connectivity index (χ0) is 20.1. The van der Waals surface area contributed by atoms with Crippen LogP contribution in [-0.2, 0) is 11.3 Å². The third-order valence-corrected chi connectivity index (χ3v) is 4.89. The summed E-state index contributed by atoms with van der Waals surface area (Å²) in [4.78, 5) is 25.8. The van der Waals surface area contributed by atoms with Crippen LogP contribution in [0.2, 0.25) is 5.02 Å². The molecule has 1 aliphatic rings. The second kappa shape index (κ2) is 8.97. The molecule has 2 aromatic rings. The summed E-state index contributed by atoms with van der Waals surface area (Å²) in [5.41, 5.74) is 2.24. The van der Waals surface area contributed by atoms with Crippen LogP contribution < -0.4 is 10.6 Å². The fraction of sp³-hybridized carbons (Fsp3) is 0.333. The smallest absolute Gasteiger partial charge is 0.407 e. The summed E-state index contributed by atoms with van der Waals surface area (Å²) in [7, 11) is 3.43. The van der Waals surface area contributed by atoms with Gasteiger partial charge in [-0.2, -0.15) is 0 Å². The highest BCUT2D eigenvalue weighted by atomic mass is 35.5. The first-order valence-electron chi connectivity index (χ1n) is 9.17. The highest BCUT2D eigenvalue weighted by molar-refractivity contribution is 6.31. The van der Waals surface area contributed by atoms with Crippen molar-refractivity contribution < 1.29 is 14.3 Å². The van der Waals surface area contributed by atoms with E-state index in [0.29, 0.717) is 16.3 Å². The van der Waals surface area contributed by atoms with Crippen molar-refractivity contribution in [3.63, 3.8) is 0 Å². The number of ether oxygens (including phenoxy) is 1. The van der Waals surface area contributed by atoms with Gasteiger partial charge in [0.15, 0.2) is 0 Å². The molecule has 0 atom stereocenters. The van der Waals surface area contributed by atoms with E-state index in [1.54, 1.807) is 32.3 Å². The maximum absolute atomic E-state index is 12.3. The molecule has 7 heteroatoms. The minimum atomic E-state index is -0.418. The molecule has 0 bridgehead atoms. The number of amides is 2. The monoisotopic (exact) mass is 401 g/mol. The topological polar surface area (TPSA) is 70.7 Å². The summed E-state index contributed by atoms with van der Waals surface area (Å²) in [6.45, 7) is 0.250. The van der Waals surface area contributed by atoms with Crippen molar-refractivity contribution in [2.75, 3.05) is 19.4 Å². The number of hydrogen-bond acceptors (Lipinski definition) is 4. The Morgan fingerprint density at radius 2 is 1.82 bits per heavy atom.